The van der Waals surface area contributed by atoms with Crippen LogP contribution in [0.5, 0.6) is 0 Å². The largest absolute Gasteiger partial charge is 0.335 e. The van der Waals surface area contributed by atoms with Gasteiger partial charge in [0.05, 0.1) is 5.54 Å². The van der Waals surface area contributed by atoms with Gasteiger partial charge in [-0.3, -0.25) is 0 Å². The van der Waals surface area contributed by atoms with Gasteiger partial charge in [-0.05, 0) is 37.7 Å². The fraction of sp³-hybridized carbons (Fsp3) is 0.667. The van der Waals surface area contributed by atoms with E-state index in [4.69, 9.17) is 10.3 Å². The van der Waals surface area contributed by atoms with Crippen LogP contribution in [0.25, 0.3) is 6.08 Å². The quantitative estimate of drug-likeness (QED) is 0.902. The van der Waals surface area contributed by atoms with Crippen LogP contribution >= 0.6 is 12.4 Å². The molecule has 0 unspecified atom stereocenters. The summed E-state index contributed by atoms with van der Waals surface area (Å²) in [6.07, 6.45) is 10.9. The first-order valence-corrected chi connectivity index (χ1v) is 6.08. The van der Waals surface area contributed by atoms with Crippen molar-refractivity contribution in [2.45, 2.75) is 44.1 Å². The Morgan fingerprint density at radius 1 is 1.29 bits per heavy atom. The van der Waals surface area contributed by atoms with Crippen LogP contribution in [0.15, 0.2) is 10.6 Å². The van der Waals surface area contributed by atoms with E-state index in [1.165, 1.54) is 12.8 Å². The Hall–Kier alpha value is -0.870. The number of rotatable bonds is 3. The van der Waals surface area contributed by atoms with Crippen LogP contribution < -0.4 is 5.73 Å². The maximum Gasteiger partial charge on any atom is 0.250 e. The summed E-state index contributed by atoms with van der Waals surface area (Å²) in [6, 6.07) is 0. The molecule has 2 N–H and O–H groups in total. The van der Waals surface area contributed by atoms with Crippen LogP contribution in [0, 0.1) is 5.92 Å². The molecule has 0 spiro atoms. The third kappa shape index (κ3) is 2.69. The second-order valence-electron chi connectivity index (χ2n) is 5.02. The summed E-state index contributed by atoms with van der Waals surface area (Å²) in [5.74, 6) is 2.01. The predicted molar refractivity (Wildman–Crippen MR) is 67.6 cm³/mol. The fourth-order valence-corrected chi connectivity index (χ4v) is 2.24. The molecule has 4 nitrogen and oxygen atoms in total. The minimum Gasteiger partial charge on any atom is -0.335 e. The molecule has 94 valence electrons. The first-order valence-electron chi connectivity index (χ1n) is 6.08. The van der Waals surface area contributed by atoms with Gasteiger partial charge in [0.1, 0.15) is 0 Å². The molecule has 0 aliphatic heterocycles. The standard InChI is InChI=1S/C12H17N3O.ClH/c13-12(7-1-2-8-12)11-14-10(16-15-11)6-5-9-3-4-9;/h5-6,9H,1-4,7-8,13H2;1H/b6-5+;. The smallest absolute Gasteiger partial charge is 0.250 e. The van der Waals surface area contributed by atoms with Crippen molar-refractivity contribution in [3.63, 3.8) is 0 Å². The summed E-state index contributed by atoms with van der Waals surface area (Å²) >= 11 is 0. The molecule has 0 amide bonds. The molecule has 17 heavy (non-hydrogen) atoms. The maximum absolute atomic E-state index is 6.25. The SMILES string of the molecule is Cl.NC1(c2noc(/C=C/C3CC3)n2)CCCC1. The molecule has 2 aliphatic carbocycles. The topological polar surface area (TPSA) is 64.9 Å². The molecule has 1 aromatic rings. The normalized spacial score (nSPS) is 22.9. The minimum absolute atomic E-state index is 0. The van der Waals surface area contributed by atoms with Gasteiger partial charge in [0, 0.05) is 0 Å². The molecule has 0 saturated heterocycles. The monoisotopic (exact) mass is 255 g/mol. The predicted octanol–water partition coefficient (Wildman–Crippen LogP) is 2.64. The van der Waals surface area contributed by atoms with Crippen molar-refractivity contribution in [2.75, 3.05) is 0 Å². The van der Waals surface area contributed by atoms with Crippen molar-refractivity contribution in [2.24, 2.45) is 11.7 Å². The average Bonchev–Trinajstić information content (AvgIpc) is 2.79. The van der Waals surface area contributed by atoms with Crippen LogP contribution in [-0.2, 0) is 5.54 Å². The Bertz CT molecular complexity index is 406. The van der Waals surface area contributed by atoms with Crippen molar-refractivity contribution in [3.8, 4) is 0 Å². The molecule has 0 atom stereocenters. The first-order chi connectivity index (χ1) is 7.76. The Morgan fingerprint density at radius 3 is 2.65 bits per heavy atom. The molecule has 5 heteroatoms. The van der Waals surface area contributed by atoms with E-state index in [0.717, 1.165) is 31.6 Å². The van der Waals surface area contributed by atoms with Crippen molar-refractivity contribution in [1.29, 1.82) is 0 Å². The van der Waals surface area contributed by atoms with Crippen LogP contribution in [0.4, 0.5) is 0 Å². The van der Waals surface area contributed by atoms with Crippen molar-refractivity contribution < 1.29 is 4.52 Å². The molecule has 1 aromatic heterocycles. The minimum atomic E-state index is -0.338. The van der Waals surface area contributed by atoms with Gasteiger partial charge in [-0.2, -0.15) is 4.98 Å². The van der Waals surface area contributed by atoms with Crippen molar-refractivity contribution in [1.82, 2.24) is 10.1 Å². The zero-order valence-electron chi connectivity index (χ0n) is 9.76. The second kappa shape index (κ2) is 4.78. The van der Waals surface area contributed by atoms with Gasteiger partial charge in [-0.1, -0.05) is 24.1 Å². The third-order valence-corrected chi connectivity index (χ3v) is 3.52. The first kappa shape index (κ1) is 12.6. The molecule has 0 bridgehead atoms. The molecular formula is C12H18ClN3O. The summed E-state index contributed by atoms with van der Waals surface area (Å²) in [5, 5.41) is 4.01. The number of allylic oxidation sites excluding steroid dienone is 1. The molecular weight excluding hydrogens is 238 g/mol. The van der Waals surface area contributed by atoms with E-state index in [-0.39, 0.29) is 17.9 Å². The van der Waals surface area contributed by atoms with Crippen LogP contribution in [0.2, 0.25) is 0 Å². The summed E-state index contributed by atoms with van der Waals surface area (Å²) < 4.78 is 5.19. The maximum atomic E-state index is 6.25. The molecule has 2 saturated carbocycles. The van der Waals surface area contributed by atoms with E-state index in [1.54, 1.807) is 0 Å². The third-order valence-electron chi connectivity index (χ3n) is 3.52. The van der Waals surface area contributed by atoms with Gasteiger partial charge in [-0.15, -0.1) is 12.4 Å². The molecule has 0 radical (unpaired) electrons. The number of nitrogens with zero attached hydrogens (tertiary/aromatic N) is 2. The summed E-state index contributed by atoms with van der Waals surface area (Å²) in [4.78, 5) is 4.37. The molecule has 3 rings (SSSR count). The Labute approximate surface area is 107 Å². The van der Waals surface area contributed by atoms with Crippen molar-refractivity contribution in [3.05, 3.63) is 17.8 Å². The van der Waals surface area contributed by atoms with Gasteiger partial charge < -0.3 is 10.3 Å². The second-order valence-corrected chi connectivity index (χ2v) is 5.02. The van der Waals surface area contributed by atoms with E-state index < -0.39 is 0 Å². The molecule has 2 aliphatic rings. The summed E-state index contributed by atoms with van der Waals surface area (Å²) in [5.41, 5.74) is 5.91. The number of hydrogen-bond acceptors (Lipinski definition) is 4. The highest BCUT2D eigenvalue weighted by molar-refractivity contribution is 5.85. The van der Waals surface area contributed by atoms with Gasteiger partial charge in [-0.25, -0.2) is 0 Å². The highest BCUT2D eigenvalue weighted by atomic mass is 35.5. The fourth-order valence-electron chi connectivity index (χ4n) is 2.24. The Morgan fingerprint density at radius 2 is 2.00 bits per heavy atom. The van der Waals surface area contributed by atoms with Crippen LogP contribution in [0.1, 0.15) is 50.2 Å². The zero-order chi connectivity index (χ0) is 11.0. The number of hydrogen-bond donors (Lipinski definition) is 1. The van der Waals surface area contributed by atoms with E-state index in [9.17, 15) is 0 Å². The highest BCUT2D eigenvalue weighted by Gasteiger charge is 2.35. The van der Waals surface area contributed by atoms with Gasteiger partial charge >= 0.3 is 0 Å². The van der Waals surface area contributed by atoms with Crippen LogP contribution in [0.3, 0.4) is 0 Å². The van der Waals surface area contributed by atoms with E-state index in [2.05, 4.69) is 16.2 Å². The highest BCUT2D eigenvalue weighted by Crippen LogP contribution is 2.35. The zero-order valence-corrected chi connectivity index (χ0v) is 10.6. The Kier molecular flexibility index (Phi) is 3.54. The lowest BCUT2D eigenvalue weighted by Gasteiger charge is -2.17. The summed E-state index contributed by atoms with van der Waals surface area (Å²) in [7, 11) is 0. The van der Waals surface area contributed by atoms with Gasteiger partial charge in [0.15, 0.2) is 5.82 Å². The van der Waals surface area contributed by atoms with E-state index in [1.807, 2.05) is 6.08 Å². The number of nitrogens with two attached hydrogens (primary N) is 1. The lowest BCUT2D eigenvalue weighted by Crippen LogP contribution is -2.34. The van der Waals surface area contributed by atoms with Gasteiger partial charge in [0.2, 0.25) is 5.89 Å². The molecule has 2 fully saturated rings. The molecule has 1 heterocycles. The average molecular weight is 256 g/mol. The lowest BCUT2D eigenvalue weighted by molar-refractivity contribution is 0.364. The van der Waals surface area contributed by atoms with E-state index in [0.29, 0.717) is 11.7 Å². The Balaban J connectivity index is 0.00000108. The van der Waals surface area contributed by atoms with Crippen molar-refractivity contribution >= 4 is 18.5 Å². The number of aromatic nitrogens is 2. The number of halogens is 1. The van der Waals surface area contributed by atoms with Gasteiger partial charge in [0.25, 0.3) is 0 Å². The van der Waals surface area contributed by atoms with Crippen LogP contribution in [-0.4, -0.2) is 10.1 Å². The molecule has 0 aromatic carbocycles. The van der Waals surface area contributed by atoms with E-state index >= 15 is 0 Å². The summed E-state index contributed by atoms with van der Waals surface area (Å²) in [6.45, 7) is 0. The lowest BCUT2D eigenvalue weighted by atomic mass is 9.99.